The third-order valence-electron chi connectivity index (χ3n) is 3.55. The average molecular weight is 310 g/mol. The molecule has 21 heavy (non-hydrogen) atoms. The highest BCUT2D eigenvalue weighted by atomic mass is 32.1. The zero-order chi connectivity index (χ0) is 15.2. The lowest BCUT2D eigenvalue weighted by Gasteiger charge is -2.18. The maximum absolute atomic E-state index is 12.0. The van der Waals surface area contributed by atoms with Gasteiger partial charge in [-0.05, 0) is 31.3 Å². The van der Waals surface area contributed by atoms with Gasteiger partial charge in [0.1, 0.15) is 0 Å². The fourth-order valence-corrected chi connectivity index (χ4v) is 2.99. The summed E-state index contributed by atoms with van der Waals surface area (Å²) in [6.07, 6.45) is 2.72. The molecule has 1 heterocycles. The number of amides is 3. The number of rotatable bonds is 8. The summed E-state index contributed by atoms with van der Waals surface area (Å²) >= 11 is 1.50. The first-order chi connectivity index (χ1) is 10.1. The number of likely N-dealkylation sites (N-methyl/N-ethyl adjacent to an activating group) is 1. The van der Waals surface area contributed by atoms with Crippen LogP contribution in [0.4, 0.5) is 4.79 Å². The Kier molecular flexibility index (Phi) is 5.58. The van der Waals surface area contributed by atoms with Crippen LogP contribution in [-0.4, -0.2) is 43.0 Å². The van der Waals surface area contributed by atoms with Crippen LogP contribution < -0.4 is 16.4 Å². The lowest BCUT2D eigenvalue weighted by molar-refractivity contribution is -0.121. The topological polar surface area (TPSA) is 87.5 Å². The van der Waals surface area contributed by atoms with Crippen molar-refractivity contribution in [1.82, 2.24) is 15.5 Å². The number of nitrogens with one attached hydrogen (secondary N) is 2. The van der Waals surface area contributed by atoms with Crippen LogP contribution in [0.1, 0.15) is 30.2 Å². The first-order valence-corrected chi connectivity index (χ1v) is 8.00. The van der Waals surface area contributed by atoms with Gasteiger partial charge in [0.2, 0.25) is 5.91 Å². The molecule has 1 unspecified atom stereocenters. The molecule has 0 spiro atoms. The maximum Gasteiger partial charge on any atom is 0.312 e. The summed E-state index contributed by atoms with van der Waals surface area (Å²) in [6, 6.07) is 3.49. The van der Waals surface area contributed by atoms with Gasteiger partial charge >= 0.3 is 6.03 Å². The molecule has 1 atom stereocenters. The molecule has 2 rings (SSSR count). The Morgan fingerprint density at radius 1 is 1.52 bits per heavy atom. The summed E-state index contributed by atoms with van der Waals surface area (Å²) < 4.78 is 0. The molecule has 7 heteroatoms. The highest BCUT2D eigenvalue weighted by molar-refractivity contribution is 7.10. The van der Waals surface area contributed by atoms with E-state index in [9.17, 15) is 9.59 Å². The zero-order valence-corrected chi connectivity index (χ0v) is 13.0. The summed E-state index contributed by atoms with van der Waals surface area (Å²) in [5, 5.41) is 7.42. The Morgan fingerprint density at radius 2 is 2.29 bits per heavy atom. The molecular formula is C14H22N4O2S. The third-order valence-corrected chi connectivity index (χ3v) is 4.54. The highest BCUT2D eigenvalue weighted by Gasteiger charge is 2.25. The quantitative estimate of drug-likeness (QED) is 0.671. The van der Waals surface area contributed by atoms with Crippen molar-refractivity contribution in [2.75, 3.05) is 20.1 Å². The average Bonchev–Trinajstić information content (AvgIpc) is 3.12. The molecule has 0 bridgehead atoms. The van der Waals surface area contributed by atoms with Gasteiger partial charge in [-0.15, -0.1) is 11.3 Å². The maximum atomic E-state index is 12.0. The van der Waals surface area contributed by atoms with Crippen molar-refractivity contribution < 1.29 is 9.59 Å². The first-order valence-electron chi connectivity index (χ1n) is 7.12. The van der Waals surface area contributed by atoms with Crippen LogP contribution in [-0.2, 0) is 4.79 Å². The van der Waals surface area contributed by atoms with E-state index in [1.54, 1.807) is 0 Å². The molecule has 0 aliphatic heterocycles. The fourth-order valence-electron chi connectivity index (χ4n) is 2.21. The molecule has 116 valence electrons. The number of hydrogen-bond donors (Lipinski definition) is 3. The van der Waals surface area contributed by atoms with Crippen LogP contribution in [0.25, 0.3) is 0 Å². The second kappa shape index (κ2) is 7.42. The van der Waals surface area contributed by atoms with Crippen molar-refractivity contribution in [3.8, 4) is 0 Å². The molecule has 3 amide bonds. The Morgan fingerprint density at radius 3 is 2.86 bits per heavy atom. The molecule has 1 aliphatic carbocycles. The lowest BCUT2D eigenvalue weighted by atomic mass is 10.1. The van der Waals surface area contributed by atoms with Gasteiger partial charge in [-0.3, -0.25) is 4.79 Å². The van der Waals surface area contributed by atoms with Gasteiger partial charge in [0, 0.05) is 24.0 Å². The predicted molar refractivity (Wildman–Crippen MR) is 83.1 cm³/mol. The second-order valence-electron chi connectivity index (χ2n) is 5.34. The summed E-state index contributed by atoms with van der Waals surface area (Å²) in [6.45, 7) is 1.48. The van der Waals surface area contributed by atoms with Crippen LogP contribution in [0, 0.1) is 0 Å². The molecule has 0 aromatic carbocycles. The van der Waals surface area contributed by atoms with E-state index in [1.807, 2.05) is 17.5 Å². The van der Waals surface area contributed by atoms with Gasteiger partial charge in [0.15, 0.2) is 0 Å². The molecule has 1 fully saturated rings. The predicted octanol–water partition coefficient (Wildman–Crippen LogP) is 1.06. The standard InChI is InChI=1S/C14H22N4O2S/c1-18(10-4-5-10)7-6-16-13(19)9-11(17-14(15)20)12-3-2-8-21-12/h2-3,8,10-11H,4-7,9H2,1H3,(H,16,19)(H3,15,17,20). The molecule has 1 saturated carbocycles. The van der Waals surface area contributed by atoms with E-state index in [4.69, 9.17) is 5.73 Å². The number of urea groups is 1. The van der Waals surface area contributed by atoms with E-state index in [0.29, 0.717) is 12.6 Å². The van der Waals surface area contributed by atoms with Gasteiger partial charge in [-0.1, -0.05) is 6.07 Å². The van der Waals surface area contributed by atoms with Crippen molar-refractivity contribution in [1.29, 1.82) is 0 Å². The fraction of sp³-hybridized carbons (Fsp3) is 0.571. The third kappa shape index (κ3) is 5.35. The summed E-state index contributed by atoms with van der Waals surface area (Å²) in [5.41, 5.74) is 5.17. The van der Waals surface area contributed by atoms with Crippen LogP contribution >= 0.6 is 11.3 Å². The molecule has 4 N–H and O–H groups in total. The molecule has 1 aliphatic rings. The first kappa shape index (κ1) is 15.8. The molecule has 0 saturated heterocycles. The Hall–Kier alpha value is -1.60. The van der Waals surface area contributed by atoms with E-state index < -0.39 is 6.03 Å². The molecule has 1 aromatic rings. The normalized spacial score (nSPS) is 15.7. The number of thiophene rings is 1. The number of hydrogen-bond acceptors (Lipinski definition) is 4. The van der Waals surface area contributed by atoms with Crippen LogP contribution in [0.15, 0.2) is 17.5 Å². The van der Waals surface area contributed by atoms with E-state index in [-0.39, 0.29) is 18.4 Å². The number of carbonyl (C=O) groups excluding carboxylic acids is 2. The van der Waals surface area contributed by atoms with Crippen LogP contribution in [0.3, 0.4) is 0 Å². The summed E-state index contributed by atoms with van der Waals surface area (Å²) in [7, 11) is 2.08. The smallest absolute Gasteiger partial charge is 0.312 e. The van der Waals surface area contributed by atoms with Crippen LogP contribution in [0.2, 0.25) is 0 Å². The minimum absolute atomic E-state index is 0.0775. The Bertz CT molecular complexity index is 473. The van der Waals surface area contributed by atoms with E-state index in [2.05, 4.69) is 22.6 Å². The van der Waals surface area contributed by atoms with Crippen molar-refractivity contribution in [3.63, 3.8) is 0 Å². The van der Waals surface area contributed by atoms with Gasteiger partial charge in [0.25, 0.3) is 0 Å². The zero-order valence-electron chi connectivity index (χ0n) is 12.2. The SMILES string of the molecule is CN(CCNC(=O)CC(NC(N)=O)c1cccs1)C1CC1. The minimum Gasteiger partial charge on any atom is -0.355 e. The van der Waals surface area contributed by atoms with E-state index in [1.165, 1.54) is 24.2 Å². The van der Waals surface area contributed by atoms with Crippen molar-refractivity contribution >= 4 is 23.3 Å². The highest BCUT2D eigenvalue weighted by Crippen LogP contribution is 2.24. The Labute approximate surface area is 128 Å². The summed E-state index contributed by atoms with van der Waals surface area (Å²) in [5.74, 6) is -0.0775. The van der Waals surface area contributed by atoms with Crippen molar-refractivity contribution in [3.05, 3.63) is 22.4 Å². The van der Waals surface area contributed by atoms with Crippen molar-refractivity contribution in [2.24, 2.45) is 5.73 Å². The Balaban J connectivity index is 1.76. The monoisotopic (exact) mass is 310 g/mol. The number of primary amides is 1. The van der Waals surface area contributed by atoms with Gasteiger partial charge in [-0.25, -0.2) is 4.79 Å². The van der Waals surface area contributed by atoms with Crippen LogP contribution in [0.5, 0.6) is 0 Å². The molecular weight excluding hydrogens is 288 g/mol. The number of nitrogens with two attached hydrogens (primary N) is 1. The van der Waals surface area contributed by atoms with E-state index in [0.717, 1.165) is 11.4 Å². The number of carbonyl (C=O) groups is 2. The molecule has 6 nitrogen and oxygen atoms in total. The van der Waals surface area contributed by atoms with Crippen molar-refractivity contribution in [2.45, 2.75) is 31.3 Å². The molecule has 1 aromatic heterocycles. The van der Waals surface area contributed by atoms with Gasteiger partial charge < -0.3 is 21.3 Å². The summed E-state index contributed by atoms with van der Waals surface area (Å²) in [4.78, 5) is 26.2. The molecule has 0 radical (unpaired) electrons. The minimum atomic E-state index is -0.616. The van der Waals surface area contributed by atoms with Gasteiger partial charge in [0.05, 0.1) is 12.5 Å². The van der Waals surface area contributed by atoms with E-state index >= 15 is 0 Å². The largest absolute Gasteiger partial charge is 0.355 e. The van der Waals surface area contributed by atoms with Gasteiger partial charge in [-0.2, -0.15) is 0 Å². The lowest BCUT2D eigenvalue weighted by Crippen LogP contribution is -2.38. The number of nitrogens with zero attached hydrogens (tertiary/aromatic N) is 1. The second-order valence-corrected chi connectivity index (χ2v) is 6.32.